The van der Waals surface area contributed by atoms with Crippen LogP contribution in [0.3, 0.4) is 0 Å². The largest absolute Gasteiger partial charge is 0.352 e. The number of fused-ring (bicyclic) bond motifs is 7. The molecule has 4 unspecified atom stereocenters. The first-order valence-corrected chi connectivity index (χ1v) is 13.0. The average molecular weight is 499 g/mol. The smallest absolute Gasteiger partial charge is 0.240 e. The number of nitrogens with zero attached hydrogens (tertiary/aromatic N) is 2. The van der Waals surface area contributed by atoms with Gasteiger partial charge in [0.15, 0.2) is 5.78 Å². The van der Waals surface area contributed by atoms with E-state index in [1.807, 2.05) is 85.5 Å². The molecule has 3 aliphatic heterocycles. The number of carbonyl (C=O) groups is 3. The van der Waals surface area contributed by atoms with Crippen molar-refractivity contribution in [1.29, 1.82) is 0 Å². The van der Waals surface area contributed by atoms with Crippen LogP contribution in [-0.2, 0) is 9.59 Å². The highest BCUT2D eigenvalue weighted by Crippen LogP contribution is 2.51. The van der Waals surface area contributed by atoms with Crippen molar-refractivity contribution >= 4 is 45.8 Å². The number of aryl methyl sites for hydroxylation is 2. The molecule has 3 aliphatic rings. The summed E-state index contributed by atoms with van der Waals surface area (Å²) in [4.78, 5) is 45.8. The van der Waals surface area contributed by atoms with E-state index in [0.29, 0.717) is 11.3 Å². The minimum Gasteiger partial charge on any atom is -0.352 e. The zero-order valence-electron chi connectivity index (χ0n) is 21.2. The molecule has 5 nitrogen and oxygen atoms in total. The average Bonchev–Trinajstić information content (AvgIpc) is 3.41. The van der Waals surface area contributed by atoms with Crippen LogP contribution in [0.25, 0.3) is 16.8 Å². The molecule has 3 heterocycles. The molecule has 0 spiro atoms. The van der Waals surface area contributed by atoms with Crippen LogP contribution in [0.15, 0.2) is 91.0 Å². The Kier molecular flexibility index (Phi) is 4.92. The first-order valence-electron chi connectivity index (χ1n) is 13.0. The number of hydrogen-bond donors (Lipinski definition) is 0. The zero-order chi connectivity index (χ0) is 26.1. The van der Waals surface area contributed by atoms with Crippen LogP contribution in [0.4, 0.5) is 11.4 Å². The molecular formula is C33H26N2O3. The van der Waals surface area contributed by atoms with Crippen molar-refractivity contribution in [3.8, 4) is 0 Å². The fraction of sp³-hybridized carbons (Fsp3) is 0.182. The van der Waals surface area contributed by atoms with Crippen LogP contribution in [0, 0.1) is 25.7 Å². The molecule has 4 aromatic carbocycles. The molecule has 186 valence electrons. The molecule has 2 fully saturated rings. The summed E-state index contributed by atoms with van der Waals surface area (Å²) in [5, 5.41) is 2.19. The van der Waals surface area contributed by atoms with E-state index in [0.717, 1.165) is 33.2 Å². The van der Waals surface area contributed by atoms with Gasteiger partial charge in [-0.1, -0.05) is 90.5 Å². The van der Waals surface area contributed by atoms with Gasteiger partial charge in [0.1, 0.15) is 6.04 Å². The highest BCUT2D eigenvalue weighted by molar-refractivity contribution is 6.26. The third-order valence-electron chi connectivity index (χ3n) is 8.33. The predicted molar refractivity (Wildman–Crippen MR) is 149 cm³/mol. The maximum absolute atomic E-state index is 14.2. The third kappa shape index (κ3) is 3.08. The SMILES string of the molecule is Cc1ccc(N2C(=O)C3C(C2=O)C(C(=O)c2ccccc2)N2c4ccc5ccccc5c4C=CC32)c(C)c1. The molecule has 5 heteroatoms. The van der Waals surface area contributed by atoms with Gasteiger partial charge in [-0.05, 0) is 42.3 Å². The molecule has 7 rings (SSSR count). The second kappa shape index (κ2) is 8.25. The minimum absolute atomic E-state index is 0.138. The Bertz CT molecular complexity index is 1690. The van der Waals surface area contributed by atoms with Gasteiger partial charge in [-0.3, -0.25) is 14.4 Å². The Hall–Kier alpha value is -4.51. The van der Waals surface area contributed by atoms with Gasteiger partial charge >= 0.3 is 0 Å². The summed E-state index contributed by atoms with van der Waals surface area (Å²) in [6.07, 6.45) is 4.07. The van der Waals surface area contributed by atoms with Gasteiger partial charge in [0.25, 0.3) is 0 Å². The summed E-state index contributed by atoms with van der Waals surface area (Å²) in [7, 11) is 0. The fourth-order valence-electron chi connectivity index (χ4n) is 6.69. The van der Waals surface area contributed by atoms with E-state index >= 15 is 0 Å². The van der Waals surface area contributed by atoms with Crippen molar-refractivity contribution in [2.75, 3.05) is 9.80 Å². The lowest BCUT2D eigenvalue weighted by molar-refractivity contribution is -0.122. The Balaban J connectivity index is 1.41. The fourth-order valence-corrected chi connectivity index (χ4v) is 6.69. The Labute approximate surface area is 221 Å². The van der Waals surface area contributed by atoms with Gasteiger partial charge < -0.3 is 4.90 Å². The summed E-state index contributed by atoms with van der Waals surface area (Å²) in [5.74, 6) is -2.09. The molecule has 0 bridgehead atoms. The molecule has 2 amide bonds. The predicted octanol–water partition coefficient (Wildman–Crippen LogP) is 5.73. The lowest BCUT2D eigenvalue weighted by atomic mass is 9.86. The highest BCUT2D eigenvalue weighted by Gasteiger charge is 2.64. The zero-order valence-corrected chi connectivity index (χ0v) is 21.2. The van der Waals surface area contributed by atoms with E-state index < -0.39 is 23.9 Å². The molecule has 0 saturated carbocycles. The van der Waals surface area contributed by atoms with E-state index in [2.05, 4.69) is 18.2 Å². The number of rotatable bonds is 3. The van der Waals surface area contributed by atoms with Crippen LogP contribution in [0.2, 0.25) is 0 Å². The lowest BCUT2D eigenvalue weighted by Gasteiger charge is -2.37. The molecule has 0 aliphatic carbocycles. The van der Waals surface area contributed by atoms with Gasteiger partial charge in [0, 0.05) is 16.8 Å². The summed E-state index contributed by atoms with van der Waals surface area (Å²) in [5.41, 5.74) is 4.97. The van der Waals surface area contributed by atoms with Crippen LogP contribution >= 0.6 is 0 Å². The number of benzene rings is 4. The number of amides is 2. The van der Waals surface area contributed by atoms with E-state index in [9.17, 15) is 14.4 Å². The Morgan fingerprint density at radius 3 is 2.26 bits per heavy atom. The van der Waals surface area contributed by atoms with Gasteiger partial charge in [0.05, 0.1) is 23.6 Å². The van der Waals surface area contributed by atoms with Gasteiger partial charge in [0.2, 0.25) is 11.8 Å². The molecule has 0 radical (unpaired) electrons. The van der Waals surface area contributed by atoms with Crippen molar-refractivity contribution in [1.82, 2.24) is 0 Å². The van der Waals surface area contributed by atoms with Crippen molar-refractivity contribution in [3.63, 3.8) is 0 Å². The van der Waals surface area contributed by atoms with Gasteiger partial charge in [-0.2, -0.15) is 0 Å². The normalized spacial score (nSPS) is 23.5. The van der Waals surface area contributed by atoms with E-state index in [4.69, 9.17) is 0 Å². The first kappa shape index (κ1) is 22.7. The van der Waals surface area contributed by atoms with E-state index in [1.165, 1.54) is 4.90 Å². The van der Waals surface area contributed by atoms with Crippen LogP contribution in [0.5, 0.6) is 0 Å². The van der Waals surface area contributed by atoms with Crippen LogP contribution < -0.4 is 9.80 Å². The van der Waals surface area contributed by atoms with Crippen LogP contribution in [0.1, 0.15) is 27.0 Å². The molecule has 0 aromatic heterocycles. The quantitative estimate of drug-likeness (QED) is 0.267. The van der Waals surface area contributed by atoms with Crippen LogP contribution in [-0.4, -0.2) is 29.7 Å². The van der Waals surface area contributed by atoms with Crippen molar-refractivity contribution in [2.45, 2.75) is 25.9 Å². The summed E-state index contributed by atoms with van der Waals surface area (Å²) < 4.78 is 0. The highest BCUT2D eigenvalue weighted by atomic mass is 16.2. The molecule has 4 atom stereocenters. The number of hydrogen-bond acceptors (Lipinski definition) is 4. The monoisotopic (exact) mass is 498 g/mol. The molecule has 38 heavy (non-hydrogen) atoms. The van der Waals surface area contributed by atoms with Gasteiger partial charge in [-0.25, -0.2) is 4.90 Å². The summed E-state index contributed by atoms with van der Waals surface area (Å²) in [6.45, 7) is 3.90. The maximum atomic E-state index is 14.2. The second-order valence-corrected chi connectivity index (χ2v) is 10.5. The Morgan fingerprint density at radius 1 is 0.763 bits per heavy atom. The Morgan fingerprint density at radius 2 is 1.47 bits per heavy atom. The number of ketones is 1. The topological polar surface area (TPSA) is 57.7 Å². The van der Waals surface area contributed by atoms with E-state index in [-0.39, 0.29) is 17.6 Å². The number of imide groups is 1. The molecule has 0 N–H and O–H groups in total. The minimum atomic E-state index is -0.788. The summed E-state index contributed by atoms with van der Waals surface area (Å²) >= 11 is 0. The number of Topliss-reactive ketones (excluding diaryl/α,β-unsaturated/α-hetero) is 1. The maximum Gasteiger partial charge on any atom is 0.240 e. The van der Waals surface area contributed by atoms with Crippen molar-refractivity contribution in [3.05, 3.63) is 113 Å². The number of carbonyl (C=O) groups excluding carboxylic acids is 3. The van der Waals surface area contributed by atoms with Crippen molar-refractivity contribution < 1.29 is 14.4 Å². The molecular weight excluding hydrogens is 472 g/mol. The first-order chi connectivity index (χ1) is 18.5. The molecule has 4 aromatic rings. The molecule has 2 saturated heterocycles. The van der Waals surface area contributed by atoms with Crippen molar-refractivity contribution in [2.24, 2.45) is 11.8 Å². The van der Waals surface area contributed by atoms with Gasteiger partial charge in [-0.15, -0.1) is 0 Å². The second-order valence-electron chi connectivity index (χ2n) is 10.5. The summed E-state index contributed by atoms with van der Waals surface area (Å²) in [6, 6.07) is 25.9. The third-order valence-corrected chi connectivity index (χ3v) is 8.33. The lowest BCUT2D eigenvalue weighted by Crippen LogP contribution is -2.49. The van der Waals surface area contributed by atoms with E-state index in [1.54, 1.807) is 12.1 Å². The standard InChI is InChI=1S/C33H26N2O3/c1-19-12-15-25(20(2)18-19)35-32(37)28-27-17-14-24-23-11-7-6-8-21(23)13-16-26(24)34(27)30(29(28)33(35)38)31(36)22-9-4-3-5-10-22/h3-18,27-30H,1-2H3. The number of anilines is 2.